The van der Waals surface area contributed by atoms with Gasteiger partial charge in [-0.3, -0.25) is 0 Å². The fourth-order valence-corrected chi connectivity index (χ4v) is 0.945. The second kappa shape index (κ2) is 3.23. The Morgan fingerprint density at radius 3 is 2.67 bits per heavy atom. The lowest BCUT2D eigenvalue weighted by Crippen LogP contribution is -2.00. The molecule has 0 heterocycles. The van der Waals surface area contributed by atoms with Crippen molar-refractivity contribution in [3.63, 3.8) is 0 Å². The Bertz CT molecular complexity index is 306. The van der Waals surface area contributed by atoms with E-state index in [0.29, 0.717) is 5.56 Å². The molecule has 1 aromatic rings. The van der Waals surface area contributed by atoms with Gasteiger partial charge in [-0.1, -0.05) is 6.07 Å². The molecule has 0 atom stereocenters. The van der Waals surface area contributed by atoms with Crippen LogP contribution in [0.3, 0.4) is 0 Å². The first-order valence-electron chi connectivity index (χ1n) is 3.31. The lowest BCUT2D eigenvalue weighted by atomic mass is 10.1. The van der Waals surface area contributed by atoms with Gasteiger partial charge in [0.15, 0.2) is 5.75 Å². The van der Waals surface area contributed by atoms with Crippen LogP contribution in [0.15, 0.2) is 18.2 Å². The molecule has 0 aromatic heterocycles. The van der Waals surface area contributed by atoms with Crippen molar-refractivity contribution in [3.05, 3.63) is 29.3 Å². The first-order chi connectivity index (χ1) is 5.66. The molecule has 0 bridgehead atoms. The van der Waals surface area contributed by atoms with Crippen LogP contribution in [0.2, 0.25) is 0 Å². The zero-order valence-electron chi connectivity index (χ0n) is 6.44. The minimum Gasteiger partial charge on any atom is -0.478 e. The maximum absolute atomic E-state index is 10.6. The Morgan fingerprint density at radius 1 is 1.50 bits per heavy atom. The average molecular weight is 168 g/mol. The van der Waals surface area contributed by atoms with Crippen LogP contribution in [0.25, 0.3) is 0 Å². The van der Waals surface area contributed by atoms with E-state index in [1.165, 1.54) is 18.2 Å². The Balaban J connectivity index is 3.23. The second-order valence-corrected chi connectivity index (χ2v) is 2.33. The quantitative estimate of drug-likeness (QED) is 0.519. The third-order valence-electron chi connectivity index (χ3n) is 1.61. The smallest absolute Gasteiger partial charge is 0.336 e. The van der Waals surface area contributed by atoms with Crippen molar-refractivity contribution in [1.82, 2.24) is 0 Å². The summed E-state index contributed by atoms with van der Waals surface area (Å²) in [7, 11) is 0. The average Bonchev–Trinajstić information content (AvgIpc) is 2.04. The maximum atomic E-state index is 10.6. The third kappa shape index (κ3) is 1.38. The fourth-order valence-electron chi connectivity index (χ4n) is 0.945. The summed E-state index contributed by atoms with van der Waals surface area (Å²) in [5, 5.41) is 17.0. The molecule has 0 aliphatic heterocycles. The molecule has 0 unspecified atom stereocenters. The molecular formula is C8H8O4. The van der Waals surface area contributed by atoms with Crippen molar-refractivity contribution < 1.29 is 20.0 Å². The molecule has 12 heavy (non-hydrogen) atoms. The number of rotatable bonds is 2. The largest absolute Gasteiger partial charge is 0.478 e. The lowest BCUT2D eigenvalue weighted by Gasteiger charge is -2.03. The van der Waals surface area contributed by atoms with Gasteiger partial charge in [0.05, 0.1) is 5.56 Å². The van der Waals surface area contributed by atoms with Crippen LogP contribution in [0.1, 0.15) is 15.9 Å². The normalized spacial score (nSPS) is 9.50. The second-order valence-electron chi connectivity index (χ2n) is 2.33. The van der Waals surface area contributed by atoms with Gasteiger partial charge in [-0.25, -0.2) is 10.1 Å². The summed E-state index contributed by atoms with van der Waals surface area (Å²) in [6, 6.07) is 4.43. The molecule has 0 aliphatic carbocycles. The van der Waals surface area contributed by atoms with Crippen molar-refractivity contribution in [2.45, 2.75) is 6.92 Å². The number of carbonyl (C=O) groups is 1. The van der Waals surface area contributed by atoms with Gasteiger partial charge in [-0.2, -0.15) is 0 Å². The number of benzene rings is 1. The Hall–Kier alpha value is -1.55. The summed E-state index contributed by atoms with van der Waals surface area (Å²) in [4.78, 5) is 14.5. The zero-order valence-corrected chi connectivity index (χ0v) is 6.44. The van der Waals surface area contributed by atoms with E-state index in [1.807, 2.05) is 0 Å². The molecule has 0 amide bonds. The molecule has 4 nitrogen and oxygen atoms in total. The molecule has 0 fully saturated rings. The standard InChI is InChI=1S/C8H8O4/c1-5-6(8(9)10)3-2-4-7(5)12-11/h2-4,11H,1H3,(H,9,10). The summed E-state index contributed by atoms with van der Waals surface area (Å²) in [6.07, 6.45) is 0. The van der Waals surface area contributed by atoms with Crippen molar-refractivity contribution in [2.75, 3.05) is 0 Å². The Morgan fingerprint density at radius 2 is 2.17 bits per heavy atom. The molecule has 0 radical (unpaired) electrons. The predicted molar refractivity (Wildman–Crippen MR) is 41.4 cm³/mol. The first-order valence-corrected chi connectivity index (χ1v) is 3.31. The molecule has 0 saturated carbocycles. The van der Waals surface area contributed by atoms with E-state index >= 15 is 0 Å². The van der Waals surface area contributed by atoms with Gasteiger partial charge < -0.3 is 9.99 Å². The molecule has 1 aromatic carbocycles. The Kier molecular flexibility index (Phi) is 2.30. The van der Waals surface area contributed by atoms with Crippen molar-refractivity contribution >= 4 is 5.97 Å². The van der Waals surface area contributed by atoms with E-state index in [-0.39, 0.29) is 11.3 Å². The van der Waals surface area contributed by atoms with E-state index < -0.39 is 5.97 Å². The molecule has 4 heteroatoms. The SMILES string of the molecule is Cc1c(OO)cccc1C(=O)O. The zero-order chi connectivity index (χ0) is 9.14. The highest BCUT2D eigenvalue weighted by Crippen LogP contribution is 2.20. The van der Waals surface area contributed by atoms with Gasteiger partial charge in [0.2, 0.25) is 0 Å². The van der Waals surface area contributed by atoms with Gasteiger partial charge >= 0.3 is 5.97 Å². The summed E-state index contributed by atoms with van der Waals surface area (Å²) >= 11 is 0. The van der Waals surface area contributed by atoms with E-state index in [2.05, 4.69) is 4.89 Å². The molecule has 0 spiro atoms. The van der Waals surface area contributed by atoms with Crippen LogP contribution in [0.4, 0.5) is 0 Å². The minimum absolute atomic E-state index is 0.126. The number of aromatic carboxylic acids is 1. The monoisotopic (exact) mass is 168 g/mol. The minimum atomic E-state index is -1.04. The highest BCUT2D eigenvalue weighted by atomic mass is 17.1. The molecule has 0 saturated heterocycles. The highest BCUT2D eigenvalue weighted by molar-refractivity contribution is 5.90. The lowest BCUT2D eigenvalue weighted by molar-refractivity contribution is -0.138. The summed E-state index contributed by atoms with van der Waals surface area (Å²) in [5.41, 5.74) is 0.536. The number of hydrogen-bond acceptors (Lipinski definition) is 3. The van der Waals surface area contributed by atoms with Gasteiger partial charge in [-0.05, 0) is 19.1 Å². The fraction of sp³-hybridized carbons (Fsp3) is 0.125. The van der Waals surface area contributed by atoms with Gasteiger partial charge in [0, 0.05) is 5.56 Å². The topological polar surface area (TPSA) is 66.8 Å². The Labute approximate surface area is 69.0 Å². The van der Waals surface area contributed by atoms with Crippen LogP contribution in [-0.2, 0) is 0 Å². The van der Waals surface area contributed by atoms with Gasteiger partial charge in [0.25, 0.3) is 0 Å². The summed E-state index contributed by atoms with van der Waals surface area (Å²) < 4.78 is 0. The van der Waals surface area contributed by atoms with E-state index in [9.17, 15) is 4.79 Å². The van der Waals surface area contributed by atoms with Gasteiger partial charge in [-0.15, -0.1) is 0 Å². The van der Waals surface area contributed by atoms with Crippen molar-refractivity contribution in [3.8, 4) is 5.75 Å². The van der Waals surface area contributed by atoms with E-state index in [4.69, 9.17) is 10.4 Å². The summed E-state index contributed by atoms with van der Waals surface area (Å²) in [6.45, 7) is 1.56. The molecule has 1 rings (SSSR count). The first kappa shape index (κ1) is 8.55. The van der Waals surface area contributed by atoms with Crippen LogP contribution < -0.4 is 4.89 Å². The predicted octanol–water partition coefficient (Wildman–Crippen LogP) is 1.55. The van der Waals surface area contributed by atoms with Crippen LogP contribution in [-0.4, -0.2) is 16.3 Å². The van der Waals surface area contributed by atoms with Crippen LogP contribution in [0, 0.1) is 6.92 Å². The number of carboxylic acids is 1. The van der Waals surface area contributed by atoms with Crippen molar-refractivity contribution in [1.29, 1.82) is 0 Å². The molecule has 0 aliphatic rings. The van der Waals surface area contributed by atoms with E-state index in [1.54, 1.807) is 6.92 Å². The van der Waals surface area contributed by atoms with Gasteiger partial charge in [0.1, 0.15) is 0 Å². The van der Waals surface area contributed by atoms with E-state index in [0.717, 1.165) is 0 Å². The number of hydrogen-bond donors (Lipinski definition) is 2. The molecule has 2 N–H and O–H groups in total. The maximum Gasteiger partial charge on any atom is 0.336 e. The van der Waals surface area contributed by atoms with Crippen molar-refractivity contribution in [2.24, 2.45) is 0 Å². The summed E-state index contributed by atoms with van der Waals surface area (Å²) in [5.74, 6) is -0.874. The van der Waals surface area contributed by atoms with Crippen LogP contribution >= 0.6 is 0 Å². The van der Waals surface area contributed by atoms with Crippen LogP contribution in [0.5, 0.6) is 5.75 Å². The molecular weight excluding hydrogens is 160 g/mol. The number of carboxylic acid groups (broad SMARTS) is 1. The highest BCUT2D eigenvalue weighted by Gasteiger charge is 2.10. The molecule has 64 valence electrons. The third-order valence-corrected chi connectivity index (χ3v) is 1.61.